The minimum atomic E-state index is -3.86. The zero-order valence-electron chi connectivity index (χ0n) is 12.9. The van der Waals surface area contributed by atoms with Gasteiger partial charge in [0.1, 0.15) is 0 Å². The molecule has 0 aromatic carbocycles. The van der Waals surface area contributed by atoms with Crippen LogP contribution in [0.2, 0.25) is 0 Å². The minimum Gasteiger partial charge on any atom is -0.373 e. The maximum absolute atomic E-state index is 11.6. The number of carbonyl (C=O) groups excluding carboxylic acids is 1. The third kappa shape index (κ3) is 8.44. The summed E-state index contributed by atoms with van der Waals surface area (Å²) in [6, 6.07) is -0.0990. The third-order valence-electron chi connectivity index (χ3n) is 2.63. The van der Waals surface area contributed by atoms with Gasteiger partial charge in [-0.3, -0.25) is 4.79 Å². The van der Waals surface area contributed by atoms with Crippen molar-refractivity contribution in [2.45, 2.75) is 39.3 Å². The van der Waals surface area contributed by atoms with Crippen LogP contribution in [0.25, 0.3) is 0 Å². The molecule has 0 bridgehead atoms. The highest BCUT2D eigenvalue weighted by Gasteiger charge is 2.13. The van der Waals surface area contributed by atoms with Gasteiger partial charge in [0, 0.05) is 20.1 Å². The van der Waals surface area contributed by atoms with Crippen molar-refractivity contribution in [3.63, 3.8) is 0 Å². The average Bonchev–Trinajstić information content (AvgIpc) is 2.31. The molecule has 0 aromatic rings. The highest BCUT2D eigenvalue weighted by molar-refractivity contribution is 7.93. The van der Waals surface area contributed by atoms with Crippen LogP contribution in [0.3, 0.4) is 0 Å². The van der Waals surface area contributed by atoms with Crippen LogP contribution in [0.15, 0.2) is 35.3 Å². The molecule has 0 aliphatic rings. The Bertz CT molecular complexity index is 535. The molecule has 1 amide bonds. The summed E-state index contributed by atoms with van der Waals surface area (Å²) in [6.07, 6.45) is 4.29. The van der Waals surface area contributed by atoms with Crippen molar-refractivity contribution in [1.82, 2.24) is 5.32 Å². The van der Waals surface area contributed by atoms with Crippen LogP contribution < -0.4 is 10.5 Å². The van der Waals surface area contributed by atoms with Gasteiger partial charge in [0.2, 0.25) is 15.9 Å². The smallest absolute Gasteiger partial charge is 0.237 e. The Hall–Kier alpha value is -1.44. The first kappa shape index (κ1) is 19.6. The third-order valence-corrected chi connectivity index (χ3v) is 3.54. The summed E-state index contributed by atoms with van der Waals surface area (Å²) in [7, 11) is -2.42. The first-order chi connectivity index (χ1) is 9.59. The molecule has 0 fully saturated rings. The molecule has 3 N–H and O–H groups in total. The molecule has 0 aliphatic carbocycles. The lowest BCUT2D eigenvalue weighted by Crippen LogP contribution is -2.30. The van der Waals surface area contributed by atoms with Gasteiger partial charge in [0.15, 0.2) is 0 Å². The monoisotopic (exact) mass is 316 g/mol. The summed E-state index contributed by atoms with van der Waals surface area (Å²) in [4.78, 5) is 10.9. The van der Waals surface area contributed by atoms with E-state index in [1.54, 1.807) is 6.92 Å². The van der Waals surface area contributed by atoms with Crippen LogP contribution in [0.1, 0.15) is 27.2 Å². The van der Waals surface area contributed by atoms with E-state index in [-0.39, 0.29) is 16.9 Å². The number of primary sulfonamides is 1. The first-order valence-corrected chi connectivity index (χ1v) is 7.99. The van der Waals surface area contributed by atoms with E-state index >= 15 is 0 Å². The van der Waals surface area contributed by atoms with Gasteiger partial charge in [0.25, 0.3) is 0 Å². The lowest BCUT2D eigenvalue weighted by atomic mass is 10.1. The summed E-state index contributed by atoms with van der Waals surface area (Å²) >= 11 is 0. The molecule has 0 heterocycles. The molecule has 0 rings (SSSR count). The zero-order chi connectivity index (χ0) is 16.6. The first-order valence-electron chi connectivity index (χ1n) is 6.44. The summed E-state index contributed by atoms with van der Waals surface area (Å²) < 4.78 is 28.2. The predicted molar refractivity (Wildman–Crippen MR) is 83.8 cm³/mol. The van der Waals surface area contributed by atoms with Gasteiger partial charge in [-0.05, 0) is 32.4 Å². The van der Waals surface area contributed by atoms with E-state index in [1.807, 2.05) is 6.92 Å². The number of methoxy groups -OCH3 is 1. The van der Waals surface area contributed by atoms with E-state index < -0.39 is 16.1 Å². The Kier molecular flexibility index (Phi) is 8.16. The molecule has 0 saturated carbocycles. The Morgan fingerprint density at radius 2 is 2.00 bits per heavy atom. The summed E-state index contributed by atoms with van der Waals surface area (Å²) in [5.41, 5.74) is 0.774. The van der Waals surface area contributed by atoms with Gasteiger partial charge in [0.05, 0.1) is 11.0 Å². The van der Waals surface area contributed by atoms with Gasteiger partial charge >= 0.3 is 0 Å². The number of hydrogen-bond donors (Lipinski definition) is 2. The lowest BCUT2D eigenvalue weighted by molar-refractivity contribution is -0.119. The van der Waals surface area contributed by atoms with E-state index in [4.69, 9.17) is 9.88 Å². The van der Waals surface area contributed by atoms with Crippen LogP contribution in [-0.2, 0) is 19.6 Å². The quantitative estimate of drug-likeness (QED) is 0.519. The van der Waals surface area contributed by atoms with E-state index in [1.165, 1.54) is 32.3 Å². The Morgan fingerprint density at radius 3 is 2.38 bits per heavy atom. The largest absolute Gasteiger partial charge is 0.373 e. The molecule has 0 radical (unpaired) electrons. The molecule has 0 saturated heterocycles. The second kappa shape index (κ2) is 8.76. The van der Waals surface area contributed by atoms with Crippen molar-refractivity contribution in [3.05, 3.63) is 35.3 Å². The second-order valence-corrected chi connectivity index (χ2v) is 6.41. The minimum absolute atomic E-state index is 0.0400. The van der Waals surface area contributed by atoms with Crippen LogP contribution in [-0.4, -0.2) is 33.6 Å². The zero-order valence-corrected chi connectivity index (χ0v) is 13.7. The number of hydrogen-bond acceptors (Lipinski definition) is 4. The van der Waals surface area contributed by atoms with Crippen LogP contribution in [0, 0.1) is 0 Å². The predicted octanol–water partition coefficient (Wildman–Crippen LogP) is 1.22. The Labute approximate surface area is 126 Å². The van der Waals surface area contributed by atoms with Gasteiger partial charge in [-0.2, -0.15) is 0 Å². The molecule has 21 heavy (non-hydrogen) atoms. The molecule has 0 spiro atoms. The van der Waals surface area contributed by atoms with Crippen molar-refractivity contribution >= 4 is 15.9 Å². The van der Waals surface area contributed by atoms with Gasteiger partial charge in [-0.25, -0.2) is 13.6 Å². The number of rotatable bonds is 8. The van der Waals surface area contributed by atoms with Gasteiger partial charge in [-0.15, -0.1) is 6.58 Å². The Morgan fingerprint density at radius 1 is 1.43 bits per heavy atom. The molecule has 0 aromatic heterocycles. The van der Waals surface area contributed by atoms with Crippen molar-refractivity contribution in [2.24, 2.45) is 5.14 Å². The van der Waals surface area contributed by atoms with Crippen LogP contribution >= 0.6 is 0 Å². The number of ether oxygens (including phenoxy) is 1. The maximum Gasteiger partial charge on any atom is 0.237 e. The SMILES string of the molecule is C=CC(C=C(/C=C(\C)C[C@@H](C)NC(C)=O)S(N)(=O)=O)OC. The highest BCUT2D eigenvalue weighted by atomic mass is 32.2. The average molecular weight is 316 g/mol. The van der Waals surface area contributed by atoms with Crippen molar-refractivity contribution in [1.29, 1.82) is 0 Å². The van der Waals surface area contributed by atoms with E-state index in [2.05, 4.69) is 11.9 Å². The summed E-state index contributed by atoms with van der Waals surface area (Å²) in [6.45, 7) is 8.59. The van der Waals surface area contributed by atoms with Crippen molar-refractivity contribution in [2.75, 3.05) is 7.11 Å². The van der Waals surface area contributed by atoms with E-state index in [0.29, 0.717) is 6.42 Å². The molecule has 6 nitrogen and oxygen atoms in total. The highest BCUT2D eigenvalue weighted by Crippen LogP contribution is 2.14. The van der Waals surface area contributed by atoms with Crippen molar-refractivity contribution in [3.8, 4) is 0 Å². The molecule has 1 unspecified atom stereocenters. The number of amides is 1. The van der Waals surface area contributed by atoms with Crippen LogP contribution in [0.4, 0.5) is 0 Å². The number of allylic oxidation sites excluding steroid dienone is 1. The molecule has 120 valence electrons. The van der Waals surface area contributed by atoms with E-state index in [0.717, 1.165) is 5.57 Å². The number of nitrogens with one attached hydrogen (secondary N) is 1. The summed E-state index contributed by atoms with van der Waals surface area (Å²) in [5.74, 6) is -0.136. The number of sulfonamides is 1. The standard InChI is InChI=1S/C14H24N2O4S/c1-6-13(20-5)9-14(21(15,18)19)8-10(2)7-11(3)16-12(4)17/h6,8-9,11,13H,1,7H2,2-5H3,(H,16,17)(H2,15,18,19)/b10-8+,14-9?/t11-,13?/m1/s1. The number of carbonyl (C=O) groups is 1. The maximum atomic E-state index is 11.6. The molecular weight excluding hydrogens is 292 g/mol. The molecular formula is C14H24N2O4S. The van der Waals surface area contributed by atoms with Gasteiger partial charge in [-0.1, -0.05) is 11.6 Å². The van der Waals surface area contributed by atoms with Gasteiger partial charge < -0.3 is 10.1 Å². The fourth-order valence-electron chi connectivity index (χ4n) is 1.80. The summed E-state index contributed by atoms with van der Waals surface area (Å²) in [5, 5.41) is 7.92. The topological polar surface area (TPSA) is 98.5 Å². The molecule has 2 atom stereocenters. The molecule has 7 heteroatoms. The normalized spacial score (nSPS) is 16.2. The molecule has 0 aliphatic heterocycles. The van der Waals surface area contributed by atoms with E-state index in [9.17, 15) is 13.2 Å². The van der Waals surface area contributed by atoms with Crippen molar-refractivity contribution < 1.29 is 17.9 Å². The fraction of sp³-hybridized carbons (Fsp3) is 0.500. The Balaban J connectivity index is 5.25. The fourth-order valence-corrected chi connectivity index (χ4v) is 2.49. The van der Waals surface area contributed by atoms with Crippen LogP contribution in [0.5, 0.6) is 0 Å². The number of nitrogens with two attached hydrogens (primary N) is 1. The lowest BCUT2D eigenvalue weighted by Gasteiger charge is -2.13. The second-order valence-electron chi connectivity index (χ2n) is 4.85.